The first-order valence-corrected chi connectivity index (χ1v) is 6.24. The Balaban J connectivity index is 1.99. The number of rotatable bonds is 2. The van der Waals surface area contributed by atoms with Crippen LogP contribution in [0.4, 0.5) is 13.2 Å². The molecular weight excluding hydrogens is 281 g/mol. The van der Waals surface area contributed by atoms with Crippen molar-refractivity contribution in [3.05, 3.63) is 71.7 Å². The number of imidazole rings is 1. The van der Waals surface area contributed by atoms with Crippen LogP contribution in [0, 0.1) is 0 Å². The van der Waals surface area contributed by atoms with Gasteiger partial charge in [-0.05, 0) is 29.8 Å². The SMILES string of the molecule is OC(c1cccc(C(F)(F)F)c1)c1cn2ccccc2n1. The van der Waals surface area contributed by atoms with E-state index in [9.17, 15) is 18.3 Å². The minimum atomic E-state index is -4.44. The quantitative estimate of drug-likeness (QED) is 0.785. The molecule has 1 unspecified atom stereocenters. The van der Waals surface area contributed by atoms with Crippen molar-refractivity contribution in [2.45, 2.75) is 12.3 Å². The lowest BCUT2D eigenvalue weighted by Gasteiger charge is -2.11. The van der Waals surface area contributed by atoms with E-state index in [0.29, 0.717) is 11.3 Å². The van der Waals surface area contributed by atoms with Crippen LogP contribution in [0.2, 0.25) is 0 Å². The zero-order valence-electron chi connectivity index (χ0n) is 10.7. The lowest BCUT2D eigenvalue weighted by molar-refractivity contribution is -0.137. The second-order valence-electron chi connectivity index (χ2n) is 4.66. The zero-order chi connectivity index (χ0) is 15.0. The van der Waals surface area contributed by atoms with Gasteiger partial charge < -0.3 is 9.51 Å². The number of fused-ring (bicyclic) bond motifs is 1. The number of aliphatic hydroxyl groups is 1. The van der Waals surface area contributed by atoms with Crippen LogP contribution >= 0.6 is 0 Å². The topological polar surface area (TPSA) is 37.5 Å². The van der Waals surface area contributed by atoms with E-state index in [0.717, 1.165) is 12.1 Å². The number of aromatic nitrogens is 2. The van der Waals surface area contributed by atoms with Gasteiger partial charge in [0, 0.05) is 12.4 Å². The van der Waals surface area contributed by atoms with Crippen LogP contribution in [0.3, 0.4) is 0 Å². The molecule has 1 N–H and O–H groups in total. The fraction of sp³-hybridized carbons (Fsp3) is 0.133. The van der Waals surface area contributed by atoms with Gasteiger partial charge in [0.05, 0.1) is 11.3 Å². The fourth-order valence-electron chi connectivity index (χ4n) is 2.14. The predicted octanol–water partition coefficient (Wildman–Crippen LogP) is 3.43. The van der Waals surface area contributed by atoms with E-state index < -0.39 is 17.8 Å². The molecule has 6 heteroatoms. The maximum Gasteiger partial charge on any atom is 0.416 e. The minimum Gasteiger partial charge on any atom is -0.382 e. The molecule has 0 amide bonds. The lowest BCUT2D eigenvalue weighted by Crippen LogP contribution is -2.07. The Morgan fingerprint density at radius 1 is 1.10 bits per heavy atom. The number of alkyl halides is 3. The Kier molecular flexibility index (Phi) is 3.17. The van der Waals surface area contributed by atoms with Crippen molar-refractivity contribution in [3.63, 3.8) is 0 Å². The molecule has 0 saturated heterocycles. The third-order valence-electron chi connectivity index (χ3n) is 3.19. The number of hydrogen-bond acceptors (Lipinski definition) is 2. The Morgan fingerprint density at radius 3 is 2.62 bits per heavy atom. The van der Waals surface area contributed by atoms with Gasteiger partial charge in [0.2, 0.25) is 0 Å². The van der Waals surface area contributed by atoms with Gasteiger partial charge in [-0.15, -0.1) is 0 Å². The summed E-state index contributed by atoms with van der Waals surface area (Å²) in [5.74, 6) is 0. The fourth-order valence-corrected chi connectivity index (χ4v) is 2.14. The van der Waals surface area contributed by atoms with Gasteiger partial charge in [-0.2, -0.15) is 13.2 Å². The largest absolute Gasteiger partial charge is 0.416 e. The number of pyridine rings is 1. The molecule has 0 bridgehead atoms. The van der Waals surface area contributed by atoms with E-state index in [1.54, 1.807) is 35.0 Å². The molecule has 0 fully saturated rings. The maximum absolute atomic E-state index is 12.7. The van der Waals surface area contributed by atoms with Gasteiger partial charge in [-0.1, -0.05) is 18.2 Å². The van der Waals surface area contributed by atoms with Crippen LogP contribution in [-0.2, 0) is 6.18 Å². The highest BCUT2D eigenvalue weighted by molar-refractivity contribution is 5.41. The molecule has 0 radical (unpaired) electrons. The average Bonchev–Trinajstić information content (AvgIpc) is 2.89. The summed E-state index contributed by atoms with van der Waals surface area (Å²) in [5.41, 5.74) is 0.301. The third-order valence-corrected chi connectivity index (χ3v) is 3.19. The molecule has 2 aromatic heterocycles. The van der Waals surface area contributed by atoms with Gasteiger partial charge >= 0.3 is 6.18 Å². The average molecular weight is 292 g/mol. The highest BCUT2D eigenvalue weighted by atomic mass is 19.4. The van der Waals surface area contributed by atoms with Crippen LogP contribution in [0.1, 0.15) is 22.9 Å². The highest BCUT2D eigenvalue weighted by Crippen LogP contribution is 2.31. The number of aliphatic hydroxyl groups excluding tert-OH is 1. The third kappa shape index (κ3) is 2.62. The number of hydrogen-bond donors (Lipinski definition) is 1. The summed E-state index contributed by atoms with van der Waals surface area (Å²) in [6.07, 6.45) is -2.29. The number of nitrogens with zero attached hydrogens (tertiary/aromatic N) is 2. The van der Waals surface area contributed by atoms with Gasteiger partial charge in [0.1, 0.15) is 11.8 Å². The summed E-state index contributed by atoms with van der Waals surface area (Å²) < 4.78 is 39.8. The van der Waals surface area contributed by atoms with Crippen LogP contribution < -0.4 is 0 Å². The van der Waals surface area contributed by atoms with Crippen molar-refractivity contribution in [3.8, 4) is 0 Å². The lowest BCUT2D eigenvalue weighted by atomic mass is 10.0. The number of benzene rings is 1. The van der Waals surface area contributed by atoms with E-state index in [1.165, 1.54) is 12.1 Å². The van der Waals surface area contributed by atoms with Crippen LogP contribution in [0.15, 0.2) is 54.9 Å². The second kappa shape index (κ2) is 4.89. The summed E-state index contributed by atoms with van der Waals surface area (Å²) in [7, 11) is 0. The van der Waals surface area contributed by atoms with Gasteiger partial charge in [0.15, 0.2) is 0 Å². The predicted molar refractivity (Wildman–Crippen MR) is 70.7 cm³/mol. The summed E-state index contributed by atoms with van der Waals surface area (Å²) in [4.78, 5) is 4.21. The van der Waals surface area contributed by atoms with Gasteiger partial charge in [0.25, 0.3) is 0 Å². The monoisotopic (exact) mass is 292 g/mol. The first-order chi connectivity index (χ1) is 9.95. The number of halogens is 3. The van der Waals surface area contributed by atoms with E-state index in [1.807, 2.05) is 0 Å². The Labute approximate surface area is 118 Å². The molecule has 0 saturated carbocycles. The summed E-state index contributed by atoms with van der Waals surface area (Å²) in [6, 6.07) is 9.98. The molecule has 108 valence electrons. The Hall–Kier alpha value is -2.34. The molecule has 1 atom stereocenters. The van der Waals surface area contributed by atoms with Gasteiger partial charge in [-0.3, -0.25) is 0 Å². The van der Waals surface area contributed by atoms with Crippen LogP contribution in [-0.4, -0.2) is 14.5 Å². The van der Waals surface area contributed by atoms with E-state index in [4.69, 9.17) is 0 Å². The smallest absolute Gasteiger partial charge is 0.382 e. The van der Waals surface area contributed by atoms with Crippen LogP contribution in [0.25, 0.3) is 5.65 Å². The van der Waals surface area contributed by atoms with Crippen molar-refractivity contribution >= 4 is 5.65 Å². The molecule has 21 heavy (non-hydrogen) atoms. The molecule has 3 nitrogen and oxygen atoms in total. The molecule has 2 heterocycles. The van der Waals surface area contributed by atoms with Crippen molar-refractivity contribution in [1.29, 1.82) is 0 Å². The summed E-state index contributed by atoms with van der Waals surface area (Å²) >= 11 is 0. The van der Waals surface area contributed by atoms with E-state index in [-0.39, 0.29) is 5.56 Å². The molecule has 0 aliphatic carbocycles. The molecule has 0 aliphatic heterocycles. The molecular formula is C15H11F3N2O. The standard InChI is InChI=1S/C15H11F3N2O/c16-15(17,18)11-5-3-4-10(8-11)14(21)12-9-20-7-2-1-6-13(20)19-12/h1-9,14,21H. The van der Waals surface area contributed by atoms with E-state index >= 15 is 0 Å². The summed E-state index contributed by atoms with van der Waals surface area (Å²) in [6.45, 7) is 0. The van der Waals surface area contributed by atoms with Crippen molar-refractivity contribution in [2.75, 3.05) is 0 Å². The van der Waals surface area contributed by atoms with Gasteiger partial charge in [-0.25, -0.2) is 4.98 Å². The Bertz CT molecular complexity index is 747. The zero-order valence-corrected chi connectivity index (χ0v) is 10.7. The van der Waals surface area contributed by atoms with E-state index in [2.05, 4.69) is 4.98 Å². The molecule has 0 spiro atoms. The molecule has 3 rings (SSSR count). The first-order valence-electron chi connectivity index (χ1n) is 6.24. The van der Waals surface area contributed by atoms with Crippen molar-refractivity contribution in [2.24, 2.45) is 0 Å². The normalized spacial score (nSPS) is 13.5. The highest BCUT2D eigenvalue weighted by Gasteiger charge is 2.31. The first kappa shape index (κ1) is 13.6. The summed E-state index contributed by atoms with van der Waals surface area (Å²) in [5, 5.41) is 10.2. The van der Waals surface area contributed by atoms with Crippen LogP contribution in [0.5, 0.6) is 0 Å². The second-order valence-corrected chi connectivity index (χ2v) is 4.66. The maximum atomic E-state index is 12.7. The molecule has 3 aromatic rings. The van der Waals surface area contributed by atoms with Crippen molar-refractivity contribution in [1.82, 2.24) is 9.38 Å². The Morgan fingerprint density at radius 2 is 1.90 bits per heavy atom. The molecule has 0 aliphatic rings. The van der Waals surface area contributed by atoms with Crippen molar-refractivity contribution < 1.29 is 18.3 Å². The molecule has 1 aromatic carbocycles. The minimum absolute atomic E-state index is 0.160.